The van der Waals surface area contributed by atoms with Crippen molar-refractivity contribution in [1.29, 1.82) is 0 Å². The van der Waals surface area contributed by atoms with Crippen molar-refractivity contribution in [1.82, 2.24) is 9.21 Å². The number of piperidine rings is 1. The third-order valence-corrected chi connectivity index (χ3v) is 4.64. The SMILES string of the molecule is CCCN(CC(=O)N1CCC(C)CC1)S(C)(=O)=O. The summed E-state index contributed by atoms with van der Waals surface area (Å²) < 4.78 is 24.4. The van der Waals surface area contributed by atoms with E-state index in [1.807, 2.05) is 6.92 Å². The summed E-state index contributed by atoms with van der Waals surface area (Å²) in [6.07, 6.45) is 3.91. The minimum atomic E-state index is -3.29. The van der Waals surface area contributed by atoms with Crippen LogP contribution in [0, 0.1) is 5.92 Å². The highest BCUT2D eigenvalue weighted by molar-refractivity contribution is 7.88. The van der Waals surface area contributed by atoms with E-state index in [2.05, 4.69) is 6.92 Å². The van der Waals surface area contributed by atoms with Gasteiger partial charge in [0, 0.05) is 19.6 Å². The Balaban J connectivity index is 2.56. The molecule has 5 nitrogen and oxygen atoms in total. The van der Waals surface area contributed by atoms with Gasteiger partial charge in [-0.1, -0.05) is 13.8 Å². The van der Waals surface area contributed by atoms with Crippen LogP contribution in [0.4, 0.5) is 0 Å². The van der Waals surface area contributed by atoms with Crippen LogP contribution in [0.5, 0.6) is 0 Å². The third kappa shape index (κ3) is 4.57. The van der Waals surface area contributed by atoms with Crippen molar-refractivity contribution < 1.29 is 13.2 Å². The summed E-state index contributed by atoms with van der Waals surface area (Å²) in [5, 5.41) is 0. The number of sulfonamides is 1. The number of rotatable bonds is 5. The van der Waals surface area contributed by atoms with E-state index in [0.717, 1.165) is 38.6 Å². The smallest absolute Gasteiger partial charge is 0.237 e. The Morgan fingerprint density at radius 3 is 2.33 bits per heavy atom. The minimum Gasteiger partial charge on any atom is -0.342 e. The van der Waals surface area contributed by atoms with Crippen LogP contribution in [0.3, 0.4) is 0 Å². The standard InChI is InChI=1S/C12H24N2O3S/c1-4-7-14(18(3,16)17)10-12(15)13-8-5-11(2)6-9-13/h11H,4-10H2,1-3H3. The van der Waals surface area contributed by atoms with Crippen molar-refractivity contribution >= 4 is 15.9 Å². The van der Waals surface area contributed by atoms with Crippen molar-refractivity contribution in [2.45, 2.75) is 33.1 Å². The van der Waals surface area contributed by atoms with E-state index in [1.54, 1.807) is 4.90 Å². The van der Waals surface area contributed by atoms with Gasteiger partial charge in [0.15, 0.2) is 0 Å². The van der Waals surface area contributed by atoms with Crippen LogP contribution in [0.15, 0.2) is 0 Å². The number of amides is 1. The summed E-state index contributed by atoms with van der Waals surface area (Å²) in [5.41, 5.74) is 0. The molecule has 1 fully saturated rings. The van der Waals surface area contributed by atoms with Crippen molar-refractivity contribution in [3.63, 3.8) is 0 Å². The van der Waals surface area contributed by atoms with Crippen LogP contribution in [0.2, 0.25) is 0 Å². The predicted octanol–water partition coefficient (Wildman–Crippen LogP) is 0.917. The zero-order valence-electron chi connectivity index (χ0n) is 11.6. The zero-order valence-corrected chi connectivity index (χ0v) is 12.4. The summed E-state index contributed by atoms with van der Waals surface area (Å²) in [6, 6.07) is 0. The van der Waals surface area contributed by atoms with Crippen molar-refractivity contribution in [2.24, 2.45) is 5.92 Å². The molecule has 0 aromatic rings. The lowest BCUT2D eigenvalue weighted by atomic mass is 9.99. The maximum atomic E-state index is 12.1. The van der Waals surface area contributed by atoms with Gasteiger partial charge in [-0.25, -0.2) is 8.42 Å². The molecule has 0 aliphatic carbocycles. The van der Waals surface area contributed by atoms with Crippen molar-refractivity contribution in [2.75, 3.05) is 32.4 Å². The van der Waals surface area contributed by atoms with E-state index in [1.165, 1.54) is 4.31 Å². The van der Waals surface area contributed by atoms with Gasteiger partial charge in [0.2, 0.25) is 15.9 Å². The molecular formula is C12H24N2O3S. The zero-order chi connectivity index (χ0) is 13.8. The molecule has 0 atom stereocenters. The lowest BCUT2D eigenvalue weighted by Crippen LogP contribution is -2.45. The lowest BCUT2D eigenvalue weighted by Gasteiger charge is -2.31. The largest absolute Gasteiger partial charge is 0.342 e. The van der Waals surface area contributed by atoms with Gasteiger partial charge >= 0.3 is 0 Å². The van der Waals surface area contributed by atoms with Crippen LogP contribution in [-0.4, -0.2) is 56.0 Å². The van der Waals surface area contributed by atoms with E-state index < -0.39 is 10.0 Å². The summed E-state index contributed by atoms with van der Waals surface area (Å²) in [5.74, 6) is 0.594. The first-order valence-corrected chi connectivity index (χ1v) is 8.42. The maximum absolute atomic E-state index is 12.1. The van der Waals surface area contributed by atoms with Gasteiger partial charge in [-0.2, -0.15) is 4.31 Å². The Hall–Kier alpha value is -0.620. The van der Waals surface area contributed by atoms with Gasteiger partial charge < -0.3 is 4.90 Å². The molecule has 1 saturated heterocycles. The molecule has 106 valence electrons. The monoisotopic (exact) mass is 276 g/mol. The van der Waals surface area contributed by atoms with Crippen LogP contribution >= 0.6 is 0 Å². The Labute approximate surface area is 110 Å². The van der Waals surface area contributed by atoms with Crippen LogP contribution in [0.1, 0.15) is 33.1 Å². The Morgan fingerprint density at radius 2 is 1.89 bits per heavy atom. The van der Waals surface area contributed by atoms with E-state index in [4.69, 9.17) is 0 Å². The number of hydrogen-bond donors (Lipinski definition) is 0. The first-order chi connectivity index (χ1) is 8.34. The van der Waals surface area contributed by atoms with Gasteiger partial charge in [0.25, 0.3) is 0 Å². The minimum absolute atomic E-state index is 0.0128. The lowest BCUT2D eigenvalue weighted by molar-refractivity contribution is -0.132. The highest BCUT2D eigenvalue weighted by atomic mass is 32.2. The number of carbonyl (C=O) groups excluding carboxylic acids is 1. The molecule has 1 amide bonds. The van der Waals surface area contributed by atoms with Crippen LogP contribution < -0.4 is 0 Å². The molecule has 1 aliphatic heterocycles. The fourth-order valence-corrected chi connectivity index (χ4v) is 2.98. The molecule has 0 aromatic carbocycles. The summed E-state index contributed by atoms with van der Waals surface area (Å²) in [6.45, 7) is 6.00. The van der Waals surface area contributed by atoms with Gasteiger partial charge in [0.05, 0.1) is 12.8 Å². The Morgan fingerprint density at radius 1 is 1.33 bits per heavy atom. The van der Waals surface area contributed by atoms with Gasteiger partial charge in [0.1, 0.15) is 0 Å². The van der Waals surface area contributed by atoms with E-state index in [9.17, 15) is 13.2 Å². The van der Waals surface area contributed by atoms with Gasteiger partial charge in [-0.3, -0.25) is 4.79 Å². The molecule has 18 heavy (non-hydrogen) atoms. The molecule has 1 aliphatic rings. The van der Waals surface area contributed by atoms with Crippen LogP contribution in [-0.2, 0) is 14.8 Å². The molecule has 0 bridgehead atoms. The fraction of sp³-hybridized carbons (Fsp3) is 0.917. The average Bonchev–Trinajstić information content (AvgIpc) is 2.28. The molecule has 1 rings (SSSR count). The van der Waals surface area contributed by atoms with E-state index in [0.29, 0.717) is 12.5 Å². The quantitative estimate of drug-likeness (QED) is 0.750. The Kier molecular flexibility index (Phi) is 5.59. The molecule has 0 N–H and O–H groups in total. The highest BCUT2D eigenvalue weighted by Crippen LogP contribution is 2.16. The van der Waals surface area contributed by atoms with Crippen molar-refractivity contribution in [3.05, 3.63) is 0 Å². The topological polar surface area (TPSA) is 57.7 Å². The molecule has 0 spiro atoms. The molecular weight excluding hydrogens is 252 g/mol. The van der Waals surface area contributed by atoms with Crippen molar-refractivity contribution in [3.8, 4) is 0 Å². The summed E-state index contributed by atoms with van der Waals surface area (Å²) >= 11 is 0. The highest BCUT2D eigenvalue weighted by Gasteiger charge is 2.25. The summed E-state index contributed by atoms with van der Waals surface area (Å²) in [4.78, 5) is 13.8. The predicted molar refractivity (Wildman–Crippen MR) is 71.7 cm³/mol. The molecule has 0 unspecified atom stereocenters. The first kappa shape index (κ1) is 15.4. The Bertz CT molecular complexity index is 373. The molecule has 0 saturated carbocycles. The van der Waals surface area contributed by atoms with Gasteiger partial charge in [-0.05, 0) is 25.2 Å². The molecule has 1 heterocycles. The molecule has 6 heteroatoms. The second-order valence-electron chi connectivity index (χ2n) is 5.16. The second-order valence-corrected chi connectivity index (χ2v) is 7.14. The third-order valence-electron chi connectivity index (χ3n) is 3.39. The van der Waals surface area contributed by atoms with E-state index >= 15 is 0 Å². The molecule has 0 aromatic heterocycles. The second kappa shape index (κ2) is 6.52. The average molecular weight is 276 g/mol. The first-order valence-electron chi connectivity index (χ1n) is 6.57. The maximum Gasteiger partial charge on any atom is 0.237 e. The number of likely N-dealkylation sites (tertiary alicyclic amines) is 1. The summed E-state index contributed by atoms with van der Waals surface area (Å²) in [7, 11) is -3.29. The molecule has 0 radical (unpaired) electrons. The number of hydrogen-bond acceptors (Lipinski definition) is 3. The fourth-order valence-electron chi connectivity index (χ4n) is 2.12. The number of nitrogens with zero attached hydrogens (tertiary/aromatic N) is 2. The van der Waals surface area contributed by atoms with Gasteiger partial charge in [-0.15, -0.1) is 0 Å². The number of carbonyl (C=O) groups is 1. The normalized spacial score (nSPS) is 18.3. The van der Waals surface area contributed by atoms with E-state index in [-0.39, 0.29) is 12.5 Å². The van der Waals surface area contributed by atoms with Crippen LogP contribution in [0.25, 0.3) is 0 Å².